The molecule has 5 aliphatic rings. The topological polar surface area (TPSA) is 96.9 Å². The van der Waals surface area contributed by atoms with Crippen molar-refractivity contribution in [2.45, 2.75) is 81.8 Å². The van der Waals surface area contributed by atoms with Gasteiger partial charge < -0.3 is 25.2 Å². The van der Waals surface area contributed by atoms with Crippen LogP contribution in [0.4, 0.5) is 4.79 Å². The third-order valence-electron chi connectivity index (χ3n) is 7.24. The van der Waals surface area contributed by atoms with Crippen LogP contribution in [0.2, 0.25) is 0 Å². The molecule has 0 radical (unpaired) electrons. The molecule has 2 heterocycles. The Balaban J connectivity index is 1.08. The minimum Gasteiger partial charge on any atom is -0.490 e. The van der Waals surface area contributed by atoms with Gasteiger partial charge in [-0.2, -0.15) is 0 Å². The molecule has 3 unspecified atom stereocenters. The molecule has 2 saturated heterocycles. The Labute approximate surface area is 176 Å². The number of ether oxygens (including phenoxy) is 2. The molecule has 3 N–H and O–H groups in total. The highest BCUT2D eigenvalue weighted by Gasteiger charge is 2.52. The zero-order valence-electron chi connectivity index (χ0n) is 17.1. The Kier molecular flexibility index (Phi) is 5.09. The van der Waals surface area contributed by atoms with Crippen molar-refractivity contribution in [3.63, 3.8) is 0 Å². The summed E-state index contributed by atoms with van der Waals surface area (Å²) in [6.07, 6.45) is 9.40. The first-order valence-electron chi connectivity index (χ1n) is 11.2. The van der Waals surface area contributed by atoms with Gasteiger partial charge in [-0.1, -0.05) is 0 Å². The summed E-state index contributed by atoms with van der Waals surface area (Å²) in [5.41, 5.74) is -0.189. The Morgan fingerprint density at radius 3 is 2.27 bits per heavy atom. The maximum Gasteiger partial charge on any atom is 0.335 e. The summed E-state index contributed by atoms with van der Waals surface area (Å²) in [6, 6.07) is 6.56. The van der Waals surface area contributed by atoms with Gasteiger partial charge in [-0.25, -0.2) is 9.59 Å². The first-order chi connectivity index (χ1) is 14.5. The number of carbonyl (C=O) groups is 2. The van der Waals surface area contributed by atoms with Crippen LogP contribution in [0, 0.1) is 11.8 Å². The normalized spacial score (nSPS) is 36.9. The third-order valence-corrected chi connectivity index (χ3v) is 7.24. The third kappa shape index (κ3) is 4.13. The van der Waals surface area contributed by atoms with E-state index in [0.29, 0.717) is 23.7 Å². The summed E-state index contributed by atoms with van der Waals surface area (Å²) in [5, 5.41) is 15.3. The van der Waals surface area contributed by atoms with Gasteiger partial charge in [0, 0.05) is 6.04 Å². The van der Waals surface area contributed by atoms with E-state index in [0.717, 1.165) is 51.4 Å². The van der Waals surface area contributed by atoms with Gasteiger partial charge in [-0.3, -0.25) is 0 Å². The van der Waals surface area contributed by atoms with Crippen LogP contribution in [0.15, 0.2) is 24.3 Å². The number of benzene rings is 1. The second kappa shape index (κ2) is 7.76. The molecule has 162 valence electrons. The lowest BCUT2D eigenvalue weighted by Crippen LogP contribution is -2.65. The van der Waals surface area contributed by atoms with Crippen LogP contribution < -0.4 is 15.4 Å². The maximum absolute atomic E-state index is 12.7. The second-order valence-corrected chi connectivity index (χ2v) is 9.60. The van der Waals surface area contributed by atoms with Crippen LogP contribution >= 0.6 is 0 Å². The average molecular weight is 415 g/mol. The minimum atomic E-state index is -0.939. The van der Waals surface area contributed by atoms with Crippen LogP contribution in [-0.4, -0.2) is 41.1 Å². The van der Waals surface area contributed by atoms with E-state index >= 15 is 0 Å². The number of amides is 2. The molecule has 4 atom stereocenters. The highest BCUT2D eigenvalue weighted by atomic mass is 16.5. The van der Waals surface area contributed by atoms with E-state index in [1.54, 1.807) is 24.3 Å². The second-order valence-electron chi connectivity index (χ2n) is 9.60. The minimum absolute atomic E-state index is 0.0910. The van der Waals surface area contributed by atoms with Gasteiger partial charge in [-0.05, 0) is 93.9 Å². The van der Waals surface area contributed by atoms with Crippen molar-refractivity contribution < 1.29 is 24.2 Å². The van der Waals surface area contributed by atoms with Crippen molar-refractivity contribution in [3.05, 3.63) is 29.8 Å². The largest absolute Gasteiger partial charge is 0.490 e. The van der Waals surface area contributed by atoms with Crippen LogP contribution in [-0.2, 0) is 4.74 Å². The quantitative estimate of drug-likeness (QED) is 0.683. The van der Waals surface area contributed by atoms with Gasteiger partial charge in [0.2, 0.25) is 0 Å². The van der Waals surface area contributed by atoms with E-state index in [-0.39, 0.29) is 23.7 Å². The lowest BCUT2D eigenvalue weighted by molar-refractivity contribution is -0.228. The number of carboxylic acids is 1. The van der Waals surface area contributed by atoms with E-state index in [1.807, 2.05) is 0 Å². The molecule has 2 amide bonds. The van der Waals surface area contributed by atoms with E-state index < -0.39 is 11.7 Å². The van der Waals surface area contributed by atoms with Crippen LogP contribution in [0.5, 0.6) is 5.75 Å². The first kappa shape index (κ1) is 19.7. The molecule has 2 aliphatic heterocycles. The number of nitrogens with one attached hydrogen (secondary N) is 2. The molecule has 1 aromatic rings. The van der Waals surface area contributed by atoms with Gasteiger partial charge in [0.05, 0.1) is 17.8 Å². The van der Waals surface area contributed by atoms with Crippen molar-refractivity contribution in [1.82, 2.24) is 10.6 Å². The Morgan fingerprint density at radius 1 is 1.00 bits per heavy atom. The molecule has 5 fully saturated rings. The number of hydrogen-bond donors (Lipinski definition) is 3. The summed E-state index contributed by atoms with van der Waals surface area (Å²) in [5.74, 6) is 1.15. The zero-order chi connectivity index (χ0) is 20.7. The lowest BCUT2D eigenvalue weighted by Gasteiger charge is -2.56. The molecule has 7 heteroatoms. The molecule has 6 rings (SSSR count). The lowest BCUT2D eigenvalue weighted by atomic mass is 9.65. The van der Waals surface area contributed by atoms with E-state index in [2.05, 4.69) is 10.6 Å². The Hall–Kier alpha value is -2.28. The fraction of sp³-hybridized carbons (Fsp3) is 0.652. The summed E-state index contributed by atoms with van der Waals surface area (Å²) in [6.45, 7) is 0. The molecular formula is C23H30N2O5. The summed E-state index contributed by atoms with van der Waals surface area (Å²) in [7, 11) is 0. The smallest absolute Gasteiger partial charge is 0.335 e. The standard InChI is InChI=1S/C23H30N2O5/c26-21(27)16-1-5-18(6-2-16)29-19-7-3-17(4-8-19)24-22(28)25-23-12-14-9-15(13-23)11-20(10-14)30-23/h1-2,5-6,14-15,17,19-20H,3-4,7-13H2,(H,26,27)(H2,24,25,28)/t14-,15?,17?,19?,20?,23?/m0/s1. The summed E-state index contributed by atoms with van der Waals surface area (Å²) < 4.78 is 12.2. The van der Waals surface area contributed by atoms with Crippen LogP contribution in [0.25, 0.3) is 0 Å². The van der Waals surface area contributed by atoms with Crippen LogP contribution in [0.1, 0.15) is 68.1 Å². The van der Waals surface area contributed by atoms with E-state index in [1.165, 1.54) is 6.42 Å². The van der Waals surface area contributed by atoms with Gasteiger partial charge in [-0.15, -0.1) is 0 Å². The predicted molar refractivity (Wildman–Crippen MR) is 109 cm³/mol. The van der Waals surface area contributed by atoms with Crippen LogP contribution in [0.3, 0.4) is 0 Å². The fourth-order valence-corrected chi connectivity index (χ4v) is 6.12. The van der Waals surface area contributed by atoms with Crippen molar-refractivity contribution in [2.75, 3.05) is 0 Å². The molecule has 4 bridgehead atoms. The number of hydrogen-bond acceptors (Lipinski definition) is 4. The van der Waals surface area contributed by atoms with Crippen molar-refractivity contribution in [1.29, 1.82) is 0 Å². The van der Waals surface area contributed by atoms with E-state index in [4.69, 9.17) is 14.6 Å². The first-order valence-corrected chi connectivity index (χ1v) is 11.2. The monoisotopic (exact) mass is 414 g/mol. The molecule has 7 nitrogen and oxygen atoms in total. The summed E-state index contributed by atoms with van der Waals surface area (Å²) >= 11 is 0. The fourth-order valence-electron chi connectivity index (χ4n) is 6.12. The number of rotatable bonds is 5. The van der Waals surface area contributed by atoms with Crippen molar-refractivity contribution in [3.8, 4) is 5.75 Å². The molecule has 30 heavy (non-hydrogen) atoms. The highest BCUT2D eigenvalue weighted by molar-refractivity contribution is 5.87. The maximum atomic E-state index is 12.7. The summed E-state index contributed by atoms with van der Waals surface area (Å²) in [4.78, 5) is 23.6. The molecule has 3 saturated carbocycles. The molecule has 1 aromatic carbocycles. The average Bonchev–Trinajstić information content (AvgIpc) is 2.68. The molecular weight excluding hydrogens is 384 g/mol. The number of urea groups is 1. The van der Waals surface area contributed by atoms with Gasteiger partial charge >= 0.3 is 12.0 Å². The number of carbonyl (C=O) groups excluding carboxylic acids is 1. The van der Waals surface area contributed by atoms with Gasteiger partial charge in [0.25, 0.3) is 0 Å². The Bertz CT molecular complexity index is 765. The molecule has 0 aromatic heterocycles. The zero-order valence-corrected chi connectivity index (χ0v) is 17.1. The Morgan fingerprint density at radius 2 is 1.67 bits per heavy atom. The van der Waals surface area contributed by atoms with Crippen molar-refractivity contribution >= 4 is 12.0 Å². The predicted octanol–water partition coefficient (Wildman–Crippen LogP) is 3.68. The SMILES string of the molecule is O=C(NC1CCC(Oc2ccc(C(=O)O)cc2)CC1)NC12CC3CC(C[C@H](C3)C1)O2. The molecule has 0 spiro atoms. The van der Waals surface area contributed by atoms with Gasteiger partial charge in [0.1, 0.15) is 11.5 Å². The number of carboxylic acid groups (broad SMARTS) is 1. The number of aromatic carboxylic acids is 1. The van der Waals surface area contributed by atoms with E-state index in [9.17, 15) is 9.59 Å². The van der Waals surface area contributed by atoms with Crippen molar-refractivity contribution in [2.24, 2.45) is 11.8 Å². The highest BCUT2D eigenvalue weighted by Crippen LogP contribution is 2.51. The molecule has 3 aliphatic carbocycles. The van der Waals surface area contributed by atoms with Gasteiger partial charge in [0.15, 0.2) is 0 Å².